The van der Waals surface area contributed by atoms with E-state index >= 15 is 0 Å². The molecule has 0 atom stereocenters. The molecule has 4 rings (SSSR count). The van der Waals surface area contributed by atoms with Crippen molar-refractivity contribution in [1.29, 1.82) is 0 Å². The normalized spacial score (nSPS) is 11.2. The number of ether oxygens (including phenoxy) is 2. The maximum Gasteiger partial charge on any atom is 0.272 e. The van der Waals surface area contributed by atoms with E-state index in [-0.39, 0.29) is 17.9 Å². The molecule has 10 heteroatoms. The van der Waals surface area contributed by atoms with Crippen LogP contribution in [-0.4, -0.2) is 39.3 Å². The van der Waals surface area contributed by atoms with Crippen LogP contribution >= 0.6 is 11.3 Å². The third-order valence-electron chi connectivity index (χ3n) is 4.98. The van der Waals surface area contributed by atoms with E-state index in [1.54, 1.807) is 29.9 Å². The number of hydrogen-bond acceptors (Lipinski definition) is 7. The summed E-state index contributed by atoms with van der Waals surface area (Å²) >= 11 is 1.40. The minimum absolute atomic E-state index is 0.0531. The standard InChI is InChI=1S/C21H23N5O4S/c1-4-10-25-20(28)19-15(9-11-31-19)26-17(23-24-21(25)26)7-8-18(27)22-14-6-5-13(29-2)12-16(14)30-3/h5-6,9,11-12H,4,7-8,10H2,1-3H3,(H,22,27). The molecule has 0 bridgehead atoms. The lowest BCUT2D eigenvalue weighted by atomic mass is 10.2. The molecular weight excluding hydrogens is 418 g/mol. The van der Waals surface area contributed by atoms with E-state index < -0.39 is 0 Å². The summed E-state index contributed by atoms with van der Waals surface area (Å²) in [5.41, 5.74) is 1.29. The molecule has 0 aliphatic heterocycles. The molecule has 0 aliphatic carbocycles. The molecule has 0 saturated carbocycles. The third-order valence-corrected chi connectivity index (χ3v) is 5.88. The lowest BCUT2D eigenvalue weighted by Gasteiger charge is -2.11. The van der Waals surface area contributed by atoms with E-state index in [1.807, 2.05) is 22.8 Å². The molecule has 9 nitrogen and oxygen atoms in total. The van der Waals surface area contributed by atoms with E-state index in [9.17, 15) is 9.59 Å². The summed E-state index contributed by atoms with van der Waals surface area (Å²) in [4.78, 5) is 25.4. The molecule has 1 amide bonds. The van der Waals surface area contributed by atoms with Gasteiger partial charge in [-0.2, -0.15) is 0 Å². The number of aromatic nitrogens is 4. The predicted octanol–water partition coefficient (Wildman–Crippen LogP) is 3.10. The van der Waals surface area contributed by atoms with Gasteiger partial charge in [-0.05, 0) is 30.0 Å². The topological polar surface area (TPSA) is 99.8 Å². The quantitative estimate of drug-likeness (QED) is 0.451. The number of benzene rings is 1. The van der Waals surface area contributed by atoms with Crippen molar-refractivity contribution in [2.24, 2.45) is 0 Å². The fraction of sp³-hybridized carbons (Fsp3) is 0.333. The van der Waals surface area contributed by atoms with Gasteiger partial charge in [-0.1, -0.05) is 6.92 Å². The first-order valence-corrected chi connectivity index (χ1v) is 10.8. The molecule has 31 heavy (non-hydrogen) atoms. The summed E-state index contributed by atoms with van der Waals surface area (Å²) in [6.07, 6.45) is 1.38. The monoisotopic (exact) mass is 441 g/mol. The van der Waals surface area contributed by atoms with Gasteiger partial charge in [0.2, 0.25) is 11.7 Å². The van der Waals surface area contributed by atoms with Crippen molar-refractivity contribution >= 4 is 38.9 Å². The number of carbonyl (C=O) groups excluding carboxylic acids is 1. The zero-order chi connectivity index (χ0) is 22.0. The largest absolute Gasteiger partial charge is 0.497 e. The summed E-state index contributed by atoms with van der Waals surface area (Å²) in [6, 6.07) is 7.09. The summed E-state index contributed by atoms with van der Waals surface area (Å²) in [7, 11) is 3.11. The van der Waals surface area contributed by atoms with Crippen LogP contribution in [0.15, 0.2) is 34.4 Å². The number of hydrogen-bond donors (Lipinski definition) is 1. The number of amides is 1. The van der Waals surface area contributed by atoms with E-state index in [2.05, 4.69) is 15.5 Å². The van der Waals surface area contributed by atoms with Gasteiger partial charge >= 0.3 is 0 Å². The predicted molar refractivity (Wildman–Crippen MR) is 119 cm³/mol. The molecule has 3 heterocycles. The van der Waals surface area contributed by atoms with Crippen molar-refractivity contribution in [3.63, 3.8) is 0 Å². The highest BCUT2D eigenvalue weighted by Gasteiger charge is 2.18. The van der Waals surface area contributed by atoms with Gasteiger partial charge in [0.05, 0.1) is 25.4 Å². The number of thiophene rings is 1. The van der Waals surface area contributed by atoms with Gasteiger partial charge in [0.1, 0.15) is 22.0 Å². The van der Waals surface area contributed by atoms with Gasteiger partial charge < -0.3 is 14.8 Å². The smallest absolute Gasteiger partial charge is 0.272 e. The number of carbonyl (C=O) groups is 1. The Hall–Kier alpha value is -3.40. The molecule has 4 aromatic rings. The van der Waals surface area contributed by atoms with Gasteiger partial charge in [-0.3, -0.25) is 18.6 Å². The van der Waals surface area contributed by atoms with Gasteiger partial charge in [0.25, 0.3) is 5.56 Å². The Morgan fingerprint density at radius 2 is 2.03 bits per heavy atom. The first-order valence-electron chi connectivity index (χ1n) is 9.93. The number of anilines is 1. The van der Waals surface area contributed by atoms with E-state index in [0.29, 0.717) is 46.5 Å². The second-order valence-corrected chi connectivity index (χ2v) is 7.87. The Labute approximate surface area is 182 Å². The Balaban J connectivity index is 1.59. The van der Waals surface area contributed by atoms with Crippen molar-refractivity contribution in [2.75, 3.05) is 19.5 Å². The highest BCUT2D eigenvalue weighted by Crippen LogP contribution is 2.29. The SMILES string of the molecule is CCCn1c(=O)c2sccc2n2c(CCC(=O)Nc3ccc(OC)cc3OC)nnc12. The number of nitrogens with zero attached hydrogens (tertiary/aromatic N) is 4. The molecule has 1 N–H and O–H groups in total. The molecular formula is C21H23N5O4S. The molecule has 0 saturated heterocycles. The number of methoxy groups -OCH3 is 2. The maximum atomic E-state index is 12.8. The first kappa shape index (κ1) is 20.9. The highest BCUT2D eigenvalue weighted by atomic mass is 32.1. The molecule has 0 fully saturated rings. The van der Waals surface area contributed by atoms with Crippen LogP contribution in [0, 0.1) is 0 Å². The van der Waals surface area contributed by atoms with Crippen molar-refractivity contribution in [1.82, 2.24) is 19.2 Å². The van der Waals surface area contributed by atoms with Crippen LogP contribution in [0.1, 0.15) is 25.6 Å². The van der Waals surface area contributed by atoms with Gasteiger partial charge in [-0.25, -0.2) is 0 Å². The first-order chi connectivity index (χ1) is 15.1. The fourth-order valence-electron chi connectivity index (χ4n) is 3.51. The Bertz CT molecular complexity index is 1310. The molecule has 0 aliphatic rings. The second kappa shape index (κ2) is 8.76. The van der Waals surface area contributed by atoms with Crippen LogP contribution in [0.25, 0.3) is 16.0 Å². The van der Waals surface area contributed by atoms with E-state index in [0.717, 1.165) is 11.9 Å². The van der Waals surface area contributed by atoms with Crippen LogP contribution in [-0.2, 0) is 17.8 Å². The number of fused-ring (bicyclic) bond motifs is 3. The van der Waals surface area contributed by atoms with Crippen molar-refractivity contribution < 1.29 is 14.3 Å². The van der Waals surface area contributed by atoms with Gasteiger partial charge in [0, 0.05) is 25.5 Å². The van der Waals surface area contributed by atoms with E-state index in [4.69, 9.17) is 9.47 Å². The average Bonchev–Trinajstić information content (AvgIpc) is 3.42. The Morgan fingerprint density at radius 3 is 2.77 bits per heavy atom. The summed E-state index contributed by atoms with van der Waals surface area (Å²) in [5.74, 6) is 2.13. The molecule has 162 valence electrons. The lowest BCUT2D eigenvalue weighted by molar-refractivity contribution is -0.116. The van der Waals surface area contributed by atoms with Gasteiger partial charge in [0.15, 0.2) is 0 Å². The Morgan fingerprint density at radius 1 is 1.19 bits per heavy atom. The van der Waals surface area contributed by atoms with Crippen LogP contribution in [0.4, 0.5) is 5.69 Å². The minimum Gasteiger partial charge on any atom is -0.497 e. The lowest BCUT2D eigenvalue weighted by Crippen LogP contribution is -2.22. The van der Waals surface area contributed by atoms with Crippen LogP contribution in [0.5, 0.6) is 11.5 Å². The molecule has 0 spiro atoms. The molecule has 0 unspecified atom stereocenters. The zero-order valence-corrected chi connectivity index (χ0v) is 18.4. The second-order valence-electron chi connectivity index (χ2n) is 6.96. The van der Waals surface area contributed by atoms with Crippen molar-refractivity contribution in [3.8, 4) is 11.5 Å². The maximum absolute atomic E-state index is 12.8. The fourth-order valence-corrected chi connectivity index (χ4v) is 4.33. The van der Waals surface area contributed by atoms with Crippen LogP contribution in [0.2, 0.25) is 0 Å². The Kier molecular flexibility index (Phi) is 5.90. The van der Waals surface area contributed by atoms with Crippen LogP contribution in [0.3, 0.4) is 0 Å². The van der Waals surface area contributed by atoms with Crippen molar-refractivity contribution in [3.05, 3.63) is 45.8 Å². The molecule has 1 aromatic carbocycles. The van der Waals surface area contributed by atoms with Crippen LogP contribution < -0.4 is 20.3 Å². The van der Waals surface area contributed by atoms with Crippen molar-refractivity contribution in [2.45, 2.75) is 32.7 Å². The number of rotatable bonds is 8. The summed E-state index contributed by atoms with van der Waals surface area (Å²) < 4.78 is 14.7. The third kappa shape index (κ3) is 3.86. The zero-order valence-electron chi connectivity index (χ0n) is 17.5. The average molecular weight is 442 g/mol. The van der Waals surface area contributed by atoms with Gasteiger partial charge in [-0.15, -0.1) is 21.5 Å². The molecule has 0 radical (unpaired) electrons. The summed E-state index contributed by atoms with van der Waals surface area (Å²) in [5, 5.41) is 13.3. The highest BCUT2D eigenvalue weighted by molar-refractivity contribution is 7.17. The van der Waals surface area contributed by atoms with E-state index in [1.165, 1.54) is 18.4 Å². The number of aryl methyl sites for hydroxylation is 2. The molecule has 3 aromatic heterocycles. The minimum atomic E-state index is -0.177. The summed E-state index contributed by atoms with van der Waals surface area (Å²) in [6.45, 7) is 2.57. The number of nitrogens with one attached hydrogen (secondary N) is 1.